The summed E-state index contributed by atoms with van der Waals surface area (Å²) < 4.78 is 5.80. The number of aromatic nitrogens is 1. The zero-order chi connectivity index (χ0) is 21.8. The van der Waals surface area contributed by atoms with E-state index in [4.69, 9.17) is 4.74 Å². The number of para-hydroxylation sites is 2. The van der Waals surface area contributed by atoms with Crippen molar-refractivity contribution in [3.63, 3.8) is 0 Å². The molecule has 0 atom stereocenters. The normalized spacial score (nSPS) is 12.7. The number of nitrogens with one attached hydrogen (secondary N) is 1. The van der Waals surface area contributed by atoms with Crippen molar-refractivity contribution >= 4 is 34.7 Å². The number of nitrogens with zero attached hydrogens (tertiary/aromatic N) is 2. The van der Waals surface area contributed by atoms with Crippen LogP contribution in [0.3, 0.4) is 0 Å². The fourth-order valence-electron chi connectivity index (χ4n) is 3.30. The fraction of sp³-hybridized carbons (Fsp3) is 0.217. The van der Waals surface area contributed by atoms with Gasteiger partial charge in [-0.15, -0.1) is 11.3 Å². The molecular formula is C23H21N3O4S. The fourth-order valence-corrected chi connectivity index (χ4v) is 3.85. The van der Waals surface area contributed by atoms with Gasteiger partial charge in [0.1, 0.15) is 12.4 Å². The van der Waals surface area contributed by atoms with Crippen molar-refractivity contribution in [1.29, 1.82) is 0 Å². The Morgan fingerprint density at radius 2 is 1.94 bits per heavy atom. The first kappa shape index (κ1) is 20.7. The van der Waals surface area contributed by atoms with Gasteiger partial charge in [-0.05, 0) is 36.8 Å². The first-order valence-corrected chi connectivity index (χ1v) is 10.9. The Labute approximate surface area is 183 Å². The Morgan fingerprint density at radius 1 is 1.13 bits per heavy atom. The molecule has 0 bridgehead atoms. The van der Waals surface area contributed by atoms with Crippen LogP contribution in [0.15, 0.2) is 53.4 Å². The number of ether oxygens (including phenoxy) is 1. The number of carbonyl (C=O) groups excluding carboxylic acids is 3. The molecule has 8 heteroatoms. The second kappa shape index (κ2) is 9.09. The molecule has 7 nitrogen and oxygen atoms in total. The molecular weight excluding hydrogens is 414 g/mol. The molecule has 3 amide bonds. The van der Waals surface area contributed by atoms with Gasteiger partial charge in [-0.1, -0.05) is 25.5 Å². The number of hydrogen-bond acceptors (Lipinski definition) is 6. The van der Waals surface area contributed by atoms with E-state index in [0.717, 1.165) is 18.5 Å². The van der Waals surface area contributed by atoms with Crippen LogP contribution >= 0.6 is 11.3 Å². The summed E-state index contributed by atoms with van der Waals surface area (Å²) in [4.78, 5) is 43.4. The smallest absolute Gasteiger partial charge is 0.261 e. The molecule has 1 aliphatic rings. The van der Waals surface area contributed by atoms with Gasteiger partial charge in [0.15, 0.2) is 0 Å². The number of amides is 3. The highest BCUT2D eigenvalue weighted by Gasteiger charge is 2.35. The van der Waals surface area contributed by atoms with Crippen molar-refractivity contribution < 1.29 is 19.1 Å². The Morgan fingerprint density at radius 3 is 2.71 bits per heavy atom. The maximum absolute atomic E-state index is 12.9. The molecule has 1 N–H and O–H groups in total. The van der Waals surface area contributed by atoms with E-state index in [9.17, 15) is 14.4 Å². The molecule has 0 saturated carbocycles. The summed E-state index contributed by atoms with van der Waals surface area (Å²) in [5.41, 5.74) is 3.95. The van der Waals surface area contributed by atoms with Gasteiger partial charge in [-0.2, -0.15) is 0 Å². The Hall–Kier alpha value is -3.52. The average Bonchev–Trinajstić information content (AvgIpc) is 3.39. The van der Waals surface area contributed by atoms with Crippen LogP contribution in [0.2, 0.25) is 0 Å². The molecule has 158 valence electrons. The van der Waals surface area contributed by atoms with E-state index in [0.29, 0.717) is 35.7 Å². The average molecular weight is 436 g/mol. The van der Waals surface area contributed by atoms with E-state index in [2.05, 4.69) is 10.3 Å². The number of unbranched alkanes of at least 4 members (excludes halogenated alkanes) is 1. The van der Waals surface area contributed by atoms with Crippen molar-refractivity contribution in [2.75, 3.05) is 11.9 Å². The van der Waals surface area contributed by atoms with E-state index in [1.807, 2.05) is 18.4 Å². The van der Waals surface area contributed by atoms with Gasteiger partial charge in [0.05, 0.1) is 28.0 Å². The number of benzene rings is 2. The van der Waals surface area contributed by atoms with E-state index < -0.39 is 0 Å². The van der Waals surface area contributed by atoms with Crippen molar-refractivity contribution in [1.82, 2.24) is 9.88 Å². The highest BCUT2D eigenvalue weighted by Crippen LogP contribution is 2.27. The van der Waals surface area contributed by atoms with Crippen LogP contribution in [-0.4, -0.2) is 34.2 Å². The molecule has 1 aromatic heterocycles. The second-order valence-electron chi connectivity index (χ2n) is 7.09. The van der Waals surface area contributed by atoms with E-state index in [1.165, 1.54) is 22.3 Å². The largest absolute Gasteiger partial charge is 0.485 e. The van der Waals surface area contributed by atoms with Crippen molar-refractivity contribution in [3.05, 3.63) is 75.7 Å². The van der Waals surface area contributed by atoms with Gasteiger partial charge in [-0.3, -0.25) is 19.3 Å². The van der Waals surface area contributed by atoms with Crippen LogP contribution in [0.25, 0.3) is 0 Å². The Kier molecular flexibility index (Phi) is 6.08. The first-order chi connectivity index (χ1) is 15.1. The highest BCUT2D eigenvalue weighted by atomic mass is 32.1. The van der Waals surface area contributed by atoms with Gasteiger partial charge in [-0.25, -0.2) is 4.98 Å². The minimum atomic E-state index is -0.389. The van der Waals surface area contributed by atoms with Crippen LogP contribution in [0.5, 0.6) is 5.75 Å². The third-order valence-electron chi connectivity index (χ3n) is 4.96. The van der Waals surface area contributed by atoms with Crippen LogP contribution in [-0.2, 0) is 6.61 Å². The number of rotatable bonds is 8. The zero-order valence-electron chi connectivity index (χ0n) is 17.0. The molecule has 0 aliphatic carbocycles. The molecule has 0 unspecified atom stereocenters. The molecule has 3 aromatic rings. The van der Waals surface area contributed by atoms with Crippen molar-refractivity contribution in [2.24, 2.45) is 0 Å². The number of imide groups is 1. The van der Waals surface area contributed by atoms with Crippen LogP contribution in [0.4, 0.5) is 5.69 Å². The topological polar surface area (TPSA) is 88.6 Å². The Bertz CT molecular complexity index is 1130. The second-order valence-corrected chi connectivity index (χ2v) is 7.81. The number of hydrogen-bond donors (Lipinski definition) is 1. The first-order valence-electron chi connectivity index (χ1n) is 9.99. The predicted molar refractivity (Wildman–Crippen MR) is 118 cm³/mol. The third kappa shape index (κ3) is 4.34. The monoisotopic (exact) mass is 435 g/mol. The summed E-state index contributed by atoms with van der Waals surface area (Å²) in [6.45, 7) is 2.67. The van der Waals surface area contributed by atoms with Gasteiger partial charge >= 0.3 is 0 Å². The summed E-state index contributed by atoms with van der Waals surface area (Å²) in [6, 6.07) is 11.7. The van der Waals surface area contributed by atoms with Gasteiger partial charge < -0.3 is 10.1 Å². The minimum Gasteiger partial charge on any atom is -0.485 e. The molecule has 0 radical (unpaired) electrons. The number of thiazole rings is 1. The molecule has 0 saturated heterocycles. The van der Waals surface area contributed by atoms with Gasteiger partial charge in [0.25, 0.3) is 17.7 Å². The van der Waals surface area contributed by atoms with E-state index in [1.54, 1.807) is 35.8 Å². The van der Waals surface area contributed by atoms with Gasteiger partial charge in [0.2, 0.25) is 0 Å². The zero-order valence-corrected chi connectivity index (χ0v) is 17.8. The molecule has 31 heavy (non-hydrogen) atoms. The maximum Gasteiger partial charge on any atom is 0.261 e. The predicted octanol–water partition coefficient (Wildman–Crippen LogP) is 4.37. The molecule has 0 fully saturated rings. The Balaban J connectivity index is 1.50. The lowest BCUT2D eigenvalue weighted by atomic mass is 10.1. The lowest BCUT2D eigenvalue weighted by Crippen LogP contribution is -2.30. The van der Waals surface area contributed by atoms with Crippen molar-refractivity contribution in [2.45, 2.75) is 26.4 Å². The maximum atomic E-state index is 12.9. The molecule has 2 aromatic carbocycles. The standard InChI is InChI=1S/C23H21N3O4S/c1-2-3-10-26-22(28)17-9-8-15(11-18(17)23(26)29)21(27)25-19-6-4-5-7-20(19)30-12-16-13-31-14-24-16/h4-9,11,13-14H,2-3,10,12H2,1H3,(H,25,27). The summed E-state index contributed by atoms with van der Waals surface area (Å²) in [5, 5.41) is 4.72. The molecule has 4 rings (SSSR count). The number of fused-ring (bicyclic) bond motifs is 1. The lowest BCUT2D eigenvalue weighted by molar-refractivity contribution is 0.0652. The molecule has 1 aliphatic heterocycles. The van der Waals surface area contributed by atoms with E-state index >= 15 is 0 Å². The van der Waals surface area contributed by atoms with Crippen LogP contribution < -0.4 is 10.1 Å². The molecule has 0 spiro atoms. The number of anilines is 1. The SMILES string of the molecule is CCCCN1C(=O)c2ccc(C(=O)Nc3ccccc3OCc3cscn3)cc2C1=O. The summed E-state index contributed by atoms with van der Waals surface area (Å²) >= 11 is 1.49. The minimum absolute atomic E-state index is 0.266. The van der Waals surface area contributed by atoms with Gasteiger partial charge in [0, 0.05) is 17.5 Å². The van der Waals surface area contributed by atoms with Crippen LogP contribution in [0, 0.1) is 0 Å². The van der Waals surface area contributed by atoms with Crippen molar-refractivity contribution in [3.8, 4) is 5.75 Å². The summed E-state index contributed by atoms with van der Waals surface area (Å²) in [5.74, 6) is -0.530. The number of carbonyl (C=O) groups is 3. The molecule has 2 heterocycles. The quantitative estimate of drug-likeness (QED) is 0.531. The van der Waals surface area contributed by atoms with Crippen LogP contribution in [0.1, 0.15) is 56.5 Å². The summed E-state index contributed by atoms with van der Waals surface area (Å²) in [6.07, 6.45) is 1.63. The highest BCUT2D eigenvalue weighted by molar-refractivity contribution is 7.07. The third-order valence-corrected chi connectivity index (χ3v) is 5.60. The summed E-state index contributed by atoms with van der Waals surface area (Å²) in [7, 11) is 0. The lowest BCUT2D eigenvalue weighted by Gasteiger charge is -2.12. The van der Waals surface area contributed by atoms with E-state index in [-0.39, 0.29) is 23.3 Å².